The molecule has 2 atom stereocenters. The zero-order valence-electron chi connectivity index (χ0n) is 54.2. The van der Waals surface area contributed by atoms with Crippen molar-refractivity contribution in [2.24, 2.45) is 10.9 Å². The predicted molar refractivity (Wildman–Crippen MR) is 345 cm³/mol. The molecule has 31 nitrogen and oxygen atoms in total. The van der Waals surface area contributed by atoms with Crippen molar-refractivity contribution in [1.29, 1.82) is 0 Å². The Bertz CT molecular complexity index is 2320. The molecule has 1 aromatic rings. The van der Waals surface area contributed by atoms with Crippen molar-refractivity contribution in [3.05, 3.63) is 29.8 Å². The summed E-state index contributed by atoms with van der Waals surface area (Å²) >= 11 is 4.22. The van der Waals surface area contributed by atoms with Gasteiger partial charge in [-0.25, -0.2) is 13.6 Å². The van der Waals surface area contributed by atoms with Crippen molar-refractivity contribution in [2.45, 2.75) is 120 Å². The molecule has 9 amide bonds. The number of nitrogens with one attached hydrogen (secondary N) is 8. The third kappa shape index (κ3) is 52.3. The maximum atomic E-state index is 12.5. The van der Waals surface area contributed by atoms with E-state index in [1.807, 2.05) is 0 Å². The molecule has 1 rings (SSSR count). The van der Waals surface area contributed by atoms with Crippen LogP contribution in [0.25, 0.3) is 0 Å². The molecule has 0 heterocycles. The summed E-state index contributed by atoms with van der Waals surface area (Å²) in [5.74, 6) is -3.36. The Morgan fingerprint density at radius 2 is 0.763 bits per heavy atom. The molecule has 0 bridgehead atoms. The highest BCUT2D eigenvalue weighted by atomic mass is 32.2. The van der Waals surface area contributed by atoms with E-state index in [1.165, 1.54) is 75.6 Å². The summed E-state index contributed by atoms with van der Waals surface area (Å²) in [7, 11) is -3.88. The van der Waals surface area contributed by atoms with Gasteiger partial charge in [0, 0.05) is 57.0 Å². The molecule has 0 saturated carbocycles. The van der Waals surface area contributed by atoms with E-state index in [-0.39, 0.29) is 229 Å². The van der Waals surface area contributed by atoms with Crippen molar-refractivity contribution in [1.82, 2.24) is 42.5 Å². The molecule has 0 aromatic heterocycles. The van der Waals surface area contributed by atoms with Crippen LogP contribution in [0, 0.1) is 0 Å². The van der Waals surface area contributed by atoms with Crippen LogP contribution in [0.15, 0.2) is 29.2 Å². The second-order valence-electron chi connectivity index (χ2n) is 20.9. The highest BCUT2D eigenvalue weighted by Crippen LogP contribution is 2.13. The number of primary sulfonamides is 1. The molecule has 0 fully saturated rings. The maximum Gasteiger partial charge on any atom is 0.251 e. The SMILES string of the molecule is CCCCCCCCCCCCCC(=O)N[C@H](CS)C(=O)NCCOCCOCC(=O)NCCOCCOCC(=O)NCCOCCOCC(=O)NCCOCCOCC(=O)NCCOCCOCC(=O)N[C@@H](CCCCNC(=O)c1ccc(S(N)(=O)=O)cc1)C(N)=O. The third-order valence-electron chi connectivity index (χ3n) is 13.0. The van der Waals surface area contributed by atoms with Gasteiger partial charge in [0.2, 0.25) is 57.3 Å². The number of amides is 9. The number of primary amides is 1. The summed E-state index contributed by atoms with van der Waals surface area (Å²) in [5, 5.41) is 26.4. The number of hydrogen-bond donors (Lipinski definition) is 11. The Morgan fingerprint density at radius 3 is 1.14 bits per heavy atom. The van der Waals surface area contributed by atoms with Gasteiger partial charge in [0.25, 0.3) is 5.91 Å². The van der Waals surface area contributed by atoms with Crippen LogP contribution in [0.3, 0.4) is 0 Å². The van der Waals surface area contributed by atoms with E-state index in [2.05, 4.69) is 62.1 Å². The number of sulfonamides is 1. The predicted octanol–water partition coefficient (Wildman–Crippen LogP) is -0.933. The second-order valence-corrected chi connectivity index (χ2v) is 22.9. The van der Waals surface area contributed by atoms with Crippen molar-refractivity contribution in [3.8, 4) is 0 Å². The lowest BCUT2D eigenvalue weighted by molar-refractivity contribution is -0.131. The zero-order chi connectivity index (χ0) is 68.3. The van der Waals surface area contributed by atoms with E-state index in [0.29, 0.717) is 19.3 Å². The summed E-state index contributed by atoms with van der Waals surface area (Å²) < 4.78 is 76.3. The molecular formula is C60H106N10O21S2. The van der Waals surface area contributed by atoms with Crippen molar-refractivity contribution in [3.63, 3.8) is 0 Å². The standard InChI is InChI=1S/C60H106N10O21S2/c1-2-3-4-5-6-7-8-9-10-11-12-16-52(71)70-51(47-92)60(79)68-26-31-86-35-40-90-45-56(75)65-24-29-84-33-38-88-43-54(73)63-22-27-82-32-37-87-42-53(72)64-23-28-83-34-39-89-44-55(74)66-25-30-85-36-41-91-46-57(76)69-50(58(61)77)15-13-14-21-67-59(78)48-17-19-49(20-18-48)93(62,80)81/h17-20,50-51,92H,2-16,21-47H2,1H3,(H2,61,77)(H,63,73)(H,64,72)(H,65,75)(H,66,74)(H,67,78)(H,68,79)(H,69,76)(H,70,71)(H2,62,80,81)/t50-,51+/m0/s1. The van der Waals surface area contributed by atoms with E-state index < -0.39 is 39.8 Å². The highest BCUT2D eigenvalue weighted by Gasteiger charge is 2.20. The van der Waals surface area contributed by atoms with Crippen LogP contribution >= 0.6 is 12.6 Å². The average molecular weight is 1370 g/mol. The first-order valence-corrected chi connectivity index (χ1v) is 34.2. The Kier molecular flexibility index (Phi) is 54.0. The van der Waals surface area contributed by atoms with Crippen LogP contribution in [0.1, 0.15) is 114 Å². The van der Waals surface area contributed by atoms with Gasteiger partial charge in [-0.2, -0.15) is 12.6 Å². The lowest BCUT2D eigenvalue weighted by Gasteiger charge is -2.16. The number of thiol groups is 1. The van der Waals surface area contributed by atoms with Gasteiger partial charge < -0.3 is 95.6 Å². The first-order chi connectivity index (χ1) is 45.0. The second kappa shape index (κ2) is 58.9. The molecule has 33 heteroatoms. The molecule has 0 aliphatic rings. The van der Waals surface area contributed by atoms with Crippen LogP contribution in [0.5, 0.6) is 0 Å². The smallest absolute Gasteiger partial charge is 0.251 e. The number of rotatable bonds is 64. The average Bonchev–Trinajstić information content (AvgIpc) is 1.99. The molecule has 1 aromatic carbocycles. The lowest BCUT2D eigenvalue weighted by Crippen LogP contribution is -2.48. The zero-order valence-corrected chi connectivity index (χ0v) is 56.0. The van der Waals surface area contributed by atoms with Crippen molar-refractivity contribution < 1.29 is 98.9 Å². The lowest BCUT2D eigenvalue weighted by atomic mass is 10.1. The van der Waals surface area contributed by atoms with Gasteiger partial charge >= 0.3 is 0 Å². The summed E-state index contributed by atoms with van der Waals surface area (Å²) in [4.78, 5) is 109. The molecule has 0 saturated heterocycles. The van der Waals surface area contributed by atoms with Crippen molar-refractivity contribution >= 4 is 75.8 Å². The van der Waals surface area contributed by atoms with Gasteiger partial charge in [0.05, 0.1) is 104 Å². The molecule has 0 aliphatic carbocycles. The quantitative estimate of drug-likeness (QED) is 0.0277. The first-order valence-electron chi connectivity index (χ1n) is 32.0. The maximum absolute atomic E-state index is 12.5. The Morgan fingerprint density at radius 1 is 0.409 bits per heavy atom. The van der Waals surface area contributed by atoms with Crippen LogP contribution in [-0.4, -0.2) is 251 Å². The fraction of sp³-hybridized carbons (Fsp3) is 0.750. The van der Waals surface area contributed by atoms with Crippen LogP contribution in [-0.2, 0) is 95.7 Å². The van der Waals surface area contributed by atoms with E-state index >= 15 is 0 Å². The molecular weight excluding hydrogens is 1260 g/mol. The Balaban J connectivity index is 1.86. The van der Waals surface area contributed by atoms with E-state index in [4.69, 9.17) is 58.2 Å². The van der Waals surface area contributed by atoms with Crippen molar-refractivity contribution in [2.75, 3.05) is 177 Å². The van der Waals surface area contributed by atoms with Crippen LogP contribution in [0.2, 0.25) is 0 Å². The molecule has 0 unspecified atom stereocenters. The van der Waals surface area contributed by atoms with Gasteiger partial charge in [0.15, 0.2) is 0 Å². The van der Waals surface area contributed by atoms with Gasteiger partial charge in [-0.05, 0) is 49.9 Å². The number of carbonyl (C=O) groups excluding carboxylic acids is 9. The van der Waals surface area contributed by atoms with Crippen LogP contribution < -0.4 is 53.4 Å². The summed E-state index contributed by atoms with van der Waals surface area (Å²) in [6.45, 7) is 5.37. The van der Waals surface area contributed by atoms with E-state index in [1.54, 1.807) is 0 Å². The van der Waals surface area contributed by atoms with Gasteiger partial charge in [-0.15, -0.1) is 0 Å². The van der Waals surface area contributed by atoms with E-state index in [9.17, 15) is 51.6 Å². The highest BCUT2D eigenvalue weighted by molar-refractivity contribution is 7.89. The largest absolute Gasteiger partial charge is 0.377 e. The molecule has 0 spiro atoms. The molecule has 534 valence electrons. The minimum Gasteiger partial charge on any atom is -0.377 e. The summed E-state index contributed by atoms with van der Waals surface area (Å²) in [6.07, 6.45) is 14.7. The monoisotopic (exact) mass is 1370 g/mol. The number of unbranched alkanes of at least 4 members (excludes halogenated alkanes) is 11. The number of hydrogen-bond acceptors (Lipinski definition) is 22. The number of ether oxygens (including phenoxy) is 10. The molecule has 0 aliphatic heterocycles. The minimum atomic E-state index is -3.88. The first kappa shape index (κ1) is 85.3. The minimum absolute atomic E-state index is 0.0693. The third-order valence-corrected chi connectivity index (χ3v) is 14.3. The van der Waals surface area contributed by atoms with Gasteiger partial charge in [-0.3, -0.25) is 43.2 Å². The fourth-order valence-electron chi connectivity index (χ4n) is 8.05. The number of carbonyl (C=O) groups is 9. The molecule has 12 N–H and O–H groups in total. The Labute approximate surface area is 553 Å². The topological polar surface area (TPSA) is 428 Å². The number of benzene rings is 1. The number of nitrogens with two attached hydrogens (primary N) is 2. The molecule has 0 radical (unpaired) electrons. The summed E-state index contributed by atoms with van der Waals surface area (Å²) in [6, 6.07) is 3.48. The van der Waals surface area contributed by atoms with Gasteiger partial charge in [0.1, 0.15) is 45.1 Å². The van der Waals surface area contributed by atoms with Gasteiger partial charge in [-0.1, -0.05) is 71.1 Å². The van der Waals surface area contributed by atoms with E-state index in [0.717, 1.165) is 19.3 Å². The molecule has 93 heavy (non-hydrogen) atoms. The Hall–Kier alpha value is -5.69. The summed E-state index contributed by atoms with van der Waals surface area (Å²) in [5.41, 5.74) is 5.68. The van der Waals surface area contributed by atoms with Crippen LogP contribution in [0.4, 0.5) is 0 Å². The fourth-order valence-corrected chi connectivity index (χ4v) is 8.83. The normalized spacial score (nSPS) is 11.9.